The van der Waals surface area contributed by atoms with Crippen LogP contribution >= 0.6 is 19.4 Å². The minimum absolute atomic E-state index is 0.495. The Morgan fingerprint density at radius 3 is 1.76 bits per heavy atom. The number of hydrogen-bond donors (Lipinski definition) is 0. The average molecular weight is 412 g/mol. The van der Waals surface area contributed by atoms with E-state index in [1.165, 1.54) is 12.8 Å². The molecule has 0 aromatic heterocycles. The summed E-state index contributed by atoms with van der Waals surface area (Å²) in [5, 5.41) is 9.38. The molecule has 0 bridgehead atoms. The van der Waals surface area contributed by atoms with E-state index in [2.05, 4.69) is 23.7 Å². The van der Waals surface area contributed by atoms with Crippen LogP contribution in [0.25, 0.3) is 4.98 Å². The molecule has 0 aliphatic rings. The molecule has 0 N–H and O–H groups in total. The summed E-state index contributed by atoms with van der Waals surface area (Å²) in [6, 6.07) is 5.41. The molecule has 1 rings (SSSR count). The first-order chi connectivity index (χ1) is 11.2. The molecule has 0 amide bonds. The van der Waals surface area contributed by atoms with Gasteiger partial charge in [-0.2, -0.15) is 0 Å². The van der Waals surface area contributed by atoms with Gasteiger partial charge in [0.2, 0.25) is 5.39 Å². The second-order valence-electron chi connectivity index (χ2n) is 5.39. The number of benzene rings is 1. The summed E-state index contributed by atoms with van der Waals surface area (Å²) in [5.74, 6) is 0. The van der Waals surface area contributed by atoms with E-state index in [1.807, 2.05) is 6.07 Å². The van der Waals surface area contributed by atoms with Gasteiger partial charge in [0.15, 0.2) is 4.98 Å². The molecule has 0 saturated carbocycles. The third-order valence-corrected chi connectivity index (χ3v) is 3.25. The number of anilines is 1. The summed E-state index contributed by atoms with van der Waals surface area (Å²) in [6.07, 6.45) is 4.66. The van der Waals surface area contributed by atoms with Gasteiger partial charge in [-0.15, -0.1) is 0 Å². The number of nitrogens with zero attached hydrogens (tertiary/aromatic N) is 3. The molecule has 0 unspecified atom stereocenters. The predicted octanol–water partition coefficient (Wildman–Crippen LogP) is 8.61. The van der Waals surface area contributed by atoms with Gasteiger partial charge in [0.1, 0.15) is 0 Å². The van der Waals surface area contributed by atoms with E-state index >= 15 is 0 Å². The van der Waals surface area contributed by atoms with Crippen molar-refractivity contribution in [3.8, 4) is 0 Å². The first kappa shape index (κ1) is 23.7. The van der Waals surface area contributed by atoms with E-state index in [4.69, 9.17) is 17.0 Å². The monoisotopic (exact) mass is 411 g/mol. The molecule has 146 valence electrons. The minimum atomic E-state index is -10.7. The Hall–Kier alpha value is -1.26. The molecule has 11 heteroatoms. The van der Waals surface area contributed by atoms with Crippen molar-refractivity contribution in [3.05, 3.63) is 28.2 Å². The molecule has 1 aromatic carbocycles. The summed E-state index contributed by atoms with van der Waals surface area (Å²) < 4.78 is 59.2. The fraction of sp³-hybridized carbons (Fsp3) is 0.571. The van der Waals surface area contributed by atoms with Crippen molar-refractivity contribution in [2.45, 2.75) is 39.5 Å². The average Bonchev–Trinajstić information content (AvgIpc) is 2.44. The zero-order valence-electron chi connectivity index (χ0n) is 13.9. The topological polar surface area (TPSA) is 31.4 Å². The number of rotatable bonds is 7. The van der Waals surface area contributed by atoms with E-state index in [0.717, 1.165) is 31.6 Å². The Morgan fingerprint density at radius 1 is 1.00 bits per heavy atom. The molecule has 25 heavy (non-hydrogen) atoms. The second-order valence-corrected chi connectivity index (χ2v) is 7.71. The van der Waals surface area contributed by atoms with Crippen LogP contribution in [0.2, 0.25) is 5.02 Å². The van der Waals surface area contributed by atoms with Crippen LogP contribution in [0.1, 0.15) is 39.5 Å². The normalized spacial score (nSPS) is 13.8. The van der Waals surface area contributed by atoms with Crippen molar-refractivity contribution in [1.29, 1.82) is 5.39 Å². The van der Waals surface area contributed by atoms with Gasteiger partial charge in [0, 0.05) is 19.2 Å². The van der Waals surface area contributed by atoms with Crippen LogP contribution in [0, 0.1) is 5.39 Å². The van der Waals surface area contributed by atoms with Crippen molar-refractivity contribution in [2.75, 3.05) is 18.0 Å². The van der Waals surface area contributed by atoms with E-state index < -0.39 is 7.81 Å². The summed E-state index contributed by atoms with van der Waals surface area (Å²) in [7, 11) is -10.7. The molecule has 0 heterocycles. The maximum absolute atomic E-state index is 10.7. The Morgan fingerprint density at radius 2 is 1.44 bits per heavy atom. The van der Waals surface area contributed by atoms with Crippen LogP contribution in [0.15, 0.2) is 18.2 Å². The van der Waals surface area contributed by atoms with Gasteiger partial charge in [-0.05, 0) is 18.9 Å². The van der Waals surface area contributed by atoms with Crippen molar-refractivity contribution < 1.29 is 25.2 Å². The number of halogens is 7. The van der Waals surface area contributed by atoms with E-state index in [9.17, 15) is 25.2 Å². The summed E-state index contributed by atoms with van der Waals surface area (Å²) >= 11 is 6.25. The molecule has 3 nitrogen and oxygen atoms in total. The van der Waals surface area contributed by atoms with Crippen LogP contribution in [0.5, 0.6) is 0 Å². The molecule has 0 atom stereocenters. The second kappa shape index (κ2) is 8.41. The quantitative estimate of drug-likeness (QED) is 0.255. The molecule has 0 fully saturated rings. The van der Waals surface area contributed by atoms with E-state index in [-0.39, 0.29) is 0 Å². The van der Waals surface area contributed by atoms with Gasteiger partial charge >= 0.3 is 38.7 Å². The van der Waals surface area contributed by atoms with Gasteiger partial charge in [-0.3, -0.25) is 0 Å². The summed E-state index contributed by atoms with van der Waals surface area (Å²) in [4.78, 5) is 5.47. The molecule has 1 aromatic rings. The zero-order chi connectivity index (χ0) is 19.8. The van der Waals surface area contributed by atoms with Crippen molar-refractivity contribution in [3.63, 3.8) is 0 Å². The van der Waals surface area contributed by atoms with E-state index in [1.54, 1.807) is 12.1 Å². The van der Waals surface area contributed by atoms with Gasteiger partial charge in [0.25, 0.3) is 0 Å². The van der Waals surface area contributed by atoms with Crippen LogP contribution in [-0.4, -0.2) is 13.1 Å². The maximum atomic E-state index is 9.87. The van der Waals surface area contributed by atoms with Crippen molar-refractivity contribution >= 4 is 30.8 Å². The number of unbranched alkanes of at least 4 members (excludes halogenated alkanes) is 2. The zero-order valence-corrected chi connectivity index (χ0v) is 15.6. The predicted molar refractivity (Wildman–Crippen MR) is 91.8 cm³/mol. The Labute approximate surface area is 147 Å². The van der Waals surface area contributed by atoms with Crippen LogP contribution < -0.4 is 4.90 Å². The van der Waals surface area contributed by atoms with Crippen molar-refractivity contribution in [1.82, 2.24) is 0 Å². The molecular weight excluding hydrogens is 391 g/mol. The third kappa shape index (κ3) is 14.8. The van der Waals surface area contributed by atoms with Crippen LogP contribution in [0.4, 0.5) is 36.6 Å². The van der Waals surface area contributed by atoms with Crippen molar-refractivity contribution in [2.24, 2.45) is 0 Å². The fourth-order valence-corrected chi connectivity index (χ4v) is 2.16. The SMILES string of the molecule is CCCCN(CCCC)c1ccc([N+]#N)cc1Cl.F[P-](F)(F)(F)(F)F. The first-order valence-corrected chi connectivity index (χ1v) is 10.0. The molecular formula is C14H21ClF6N3P. The fourth-order valence-electron chi connectivity index (χ4n) is 1.87. The Bertz CT molecular complexity index is 581. The van der Waals surface area contributed by atoms with Crippen LogP contribution in [0.3, 0.4) is 0 Å². The molecule has 0 aliphatic carbocycles. The standard InChI is InChI=1S/C14H21ClN3.F6P/c1-3-5-9-18(10-6-4-2)14-8-7-12(17-16)11-13(14)15;1-7(2,3,4,5)6/h7-8,11H,3-6,9-10H2,1-2H3;/q+1;-1. The molecule has 0 aliphatic heterocycles. The number of hydrogen-bond acceptors (Lipinski definition) is 2. The van der Waals surface area contributed by atoms with Gasteiger partial charge in [-0.1, -0.05) is 38.3 Å². The summed E-state index contributed by atoms with van der Waals surface area (Å²) in [6.45, 7) is 6.42. The molecule has 0 saturated heterocycles. The molecule has 0 spiro atoms. The van der Waals surface area contributed by atoms with Gasteiger partial charge < -0.3 is 4.90 Å². The number of diazo groups is 1. The van der Waals surface area contributed by atoms with E-state index in [0.29, 0.717) is 10.7 Å². The molecule has 0 radical (unpaired) electrons. The third-order valence-electron chi connectivity index (χ3n) is 2.95. The van der Waals surface area contributed by atoms with Crippen LogP contribution in [-0.2, 0) is 0 Å². The van der Waals surface area contributed by atoms with Gasteiger partial charge in [-0.25, -0.2) is 0 Å². The van der Waals surface area contributed by atoms with Gasteiger partial charge in [0.05, 0.1) is 16.8 Å². The first-order valence-electron chi connectivity index (χ1n) is 7.64. The Balaban J connectivity index is 0.000000697. The summed E-state index contributed by atoms with van der Waals surface area (Å²) in [5.41, 5.74) is 1.53. The Kier molecular flexibility index (Phi) is 7.99.